The fourth-order valence-electron chi connectivity index (χ4n) is 2.43. The first kappa shape index (κ1) is 17.2. The number of hydrogen-bond donors (Lipinski definition) is 2. The van der Waals surface area contributed by atoms with Crippen molar-refractivity contribution in [1.29, 1.82) is 0 Å². The van der Waals surface area contributed by atoms with Gasteiger partial charge in [0.15, 0.2) is 0 Å². The molecule has 1 amide bonds. The van der Waals surface area contributed by atoms with Crippen molar-refractivity contribution in [3.63, 3.8) is 0 Å². The smallest absolute Gasteiger partial charge is 0.405 e. The van der Waals surface area contributed by atoms with E-state index in [0.29, 0.717) is 6.61 Å². The van der Waals surface area contributed by atoms with E-state index in [4.69, 9.17) is 4.74 Å². The molecule has 1 aromatic rings. The minimum absolute atomic E-state index is 0.336. The standard InChI is InChI=1S/C15H22INO3/c1-3-4-7-10-15(11-20-2,17-14(18)19)12-8-5-6-9-13(12)16/h5-6,8-9,17H,3-4,7,10-11H2,1-2H3,(H,18,19)/t15-/m1/s1. The summed E-state index contributed by atoms with van der Waals surface area (Å²) in [5.74, 6) is 0. The van der Waals surface area contributed by atoms with Gasteiger partial charge in [0.2, 0.25) is 0 Å². The van der Waals surface area contributed by atoms with Crippen LogP contribution in [-0.4, -0.2) is 24.9 Å². The van der Waals surface area contributed by atoms with E-state index in [1.54, 1.807) is 7.11 Å². The van der Waals surface area contributed by atoms with Crippen LogP contribution in [0.1, 0.15) is 38.2 Å². The molecule has 20 heavy (non-hydrogen) atoms. The zero-order chi connectivity index (χ0) is 15.0. The lowest BCUT2D eigenvalue weighted by molar-refractivity contribution is 0.0937. The second-order valence-corrected chi connectivity index (χ2v) is 6.04. The van der Waals surface area contributed by atoms with Crippen LogP contribution in [0.15, 0.2) is 24.3 Å². The fourth-order valence-corrected chi connectivity index (χ4v) is 3.33. The van der Waals surface area contributed by atoms with Crippen LogP contribution in [0.5, 0.6) is 0 Å². The minimum atomic E-state index is -1.02. The third-order valence-electron chi connectivity index (χ3n) is 3.33. The van der Waals surface area contributed by atoms with Crippen molar-refractivity contribution in [1.82, 2.24) is 5.32 Å². The van der Waals surface area contributed by atoms with Gasteiger partial charge in [-0.2, -0.15) is 0 Å². The van der Waals surface area contributed by atoms with Gasteiger partial charge < -0.3 is 15.2 Å². The maximum absolute atomic E-state index is 11.2. The molecule has 4 nitrogen and oxygen atoms in total. The predicted molar refractivity (Wildman–Crippen MR) is 88.0 cm³/mol. The average Bonchev–Trinajstić information content (AvgIpc) is 2.39. The lowest BCUT2D eigenvalue weighted by atomic mass is 9.85. The van der Waals surface area contributed by atoms with Crippen LogP contribution >= 0.6 is 22.6 Å². The summed E-state index contributed by atoms with van der Waals surface area (Å²) in [6.45, 7) is 2.47. The van der Waals surface area contributed by atoms with Gasteiger partial charge in [-0.3, -0.25) is 0 Å². The Kier molecular flexibility index (Phi) is 7.29. The molecule has 0 aliphatic heterocycles. The Hall–Kier alpha value is -0.820. The SMILES string of the molecule is CCCCC[C@](COC)(NC(=O)O)c1ccccc1I. The number of rotatable bonds is 8. The van der Waals surface area contributed by atoms with Crippen LogP contribution < -0.4 is 5.32 Å². The van der Waals surface area contributed by atoms with E-state index in [9.17, 15) is 9.90 Å². The van der Waals surface area contributed by atoms with Gasteiger partial charge in [-0.25, -0.2) is 4.79 Å². The first-order chi connectivity index (χ1) is 9.55. The third-order valence-corrected chi connectivity index (χ3v) is 4.27. The molecule has 5 heteroatoms. The van der Waals surface area contributed by atoms with Gasteiger partial charge in [-0.1, -0.05) is 44.4 Å². The Morgan fingerprint density at radius 2 is 2.10 bits per heavy atom. The maximum atomic E-state index is 11.2. The molecule has 1 rings (SSSR count). The van der Waals surface area contributed by atoms with Crippen LogP contribution in [0.2, 0.25) is 0 Å². The van der Waals surface area contributed by atoms with E-state index in [1.165, 1.54) is 0 Å². The molecule has 0 aliphatic carbocycles. The van der Waals surface area contributed by atoms with Crippen molar-refractivity contribution in [2.75, 3.05) is 13.7 Å². The number of carboxylic acid groups (broad SMARTS) is 1. The minimum Gasteiger partial charge on any atom is -0.465 e. The molecule has 0 radical (unpaired) electrons. The first-order valence-corrected chi connectivity index (χ1v) is 7.88. The summed E-state index contributed by atoms with van der Waals surface area (Å²) in [5.41, 5.74) is 0.314. The summed E-state index contributed by atoms with van der Waals surface area (Å²) in [5, 5.41) is 11.9. The van der Waals surface area contributed by atoms with Gasteiger partial charge in [0.25, 0.3) is 0 Å². The number of benzene rings is 1. The highest BCUT2D eigenvalue weighted by Gasteiger charge is 2.35. The van der Waals surface area contributed by atoms with E-state index < -0.39 is 11.6 Å². The van der Waals surface area contributed by atoms with Crippen molar-refractivity contribution in [2.45, 2.75) is 38.1 Å². The van der Waals surface area contributed by atoms with E-state index in [0.717, 1.165) is 34.8 Å². The lowest BCUT2D eigenvalue weighted by Crippen LogP contribution is -2.49. The lowest BCUT2D eigenvalue weighted by Gasteiger charge is -2.34. The van der Waals surface area contributed by atoms with E-state index in [-0.39, 0.29) is 0 Å². The zero-order valence-electron chi connectivity index (χ0n) is 12.0. The van der Waals surface area contributed by atoms with Crippen LogP contribution in [0.4, 0.5) is 4.79 Å². The molecule has 2 N–H and O–H groups in total. The molecule has 0 saturated heterocycles. The summed E-state index contributed by atoms with van der Waals surface area (Å²) in [7, 11) is 1.61. The van der Waals surface area contributed by atoms with Gasteiger partial charge in [-0.05, 0) is 40.6 Å². The van der Waals surface area contributed by atoms with E-state index in [1.807, 2.05) is 24.3 Å². The van der Waals surface area contributed by atoms with Crippen LogP contribution in [0.3, 0.4) is 0 Å². The number of amides is 1. The maximum Gasteiger partial charge on any atom is 0.405 e. The largest absolute Gasteiger partial charge is 0.465 e. The number of carbonyl (C=O) groups is 1. The molecular formula is C15H22INO3. The highest BCUT2D eigenvalue weighted by Crippen LogP contribution is 2.31. The van der Waals surface area contributed by atoms with Gasteiger partial charge in [0.1, 0.15) is 0 Å². The first-order valence-electron chi connectivity index (χ1n) is 6.81. The molecule has 0 unspecified atom stereocenters. The number of halogens is 1. The zero-order valence-corrected chi connectivity index (χ0v) is 14.1. The van der Waals surface area contributed by atoms with E-state index in [2.05, 4.69) is 34.8 Å². The van der Waals surface area contributed by atoms with Crippen LogP contribution in [-0.2, 0) is 10.3 Å². The molecule has 0 heterocycles. The van der Waals surface area contributed by atoms with Crippen molar-refractivity contribution in [3.8, 4) is 0 Å². The summed E-state index contributed by atoms with van der Waals surface area (Å²) in [6.07, 6.45) is 2.86. The number of unbranched alkanes of at least 4 members (excludes halogenated alkanes) is 2. The Balaban J connectivity index is 3.13. The normalized spacial score (nSPS) is 13.8. The quantitative estimate of drug-likeness (QED) is 0.521. The van der Waals surface area contributed by atoms with Gasteiger partial charge in [-0.15, -0.1) is 0 Å². The Labute approximate surface area is 134 Å². The van der Waals surface area contributed by atoms with Gasteiger partial charge >= 0.3 is 6.09 Å². The summed E-state index contributed by atoms with van der Waals surface area (Å²) in [6, 6.07) is 7.85. The predicted octanol–water partition coefficient (Wildman–Crippen LogP) is 3.98. The van der Waals surface area contributed by atoms with Gasteiger partial charge in [0.05, 0.1) is 12.1 Å². The molecular weight excluding hydrogens is 369 g/mol. The number of methoxy groups -OCH3 is 1. The van der Waals surface area contributed by atoms with E-state index >= 15 is 0 Å². The molecule has 112 valence electrons. The van der Waals surface area contributed by atoms with Crippen molar-refractivity contribution in [3.05, 3.63) is 33.4 Å². The Morgan fingerprint density at radius 1 is 1.40 bits per heavy atom. The highest BCUT2D eigenvalue weighted by atomic mass is 127. The molecule has 0 spiro atoms. The molecule has 0 fully saturated rings. The van der Waals surface area contributed by atoms with Crippen LogP contribution in [0, 0.1) is 3.57 Å². The second kappa shape index (κ2) is 8.46. The summed E-state index contributed by atoms with van der Waals surface area (Å²) in [4.78, 5) is 11.2. The molecule has 1 atom stereocenters. The Morgan fingerprint density at radius 3 is 2.65 bits per heavy atom. The topological polar surface area (TPSA) is 58.6 Å². The number of ether oxygens (including phenoxy) is 1. The summed E-state index contributed by atoms with van der Waals surface area (Å²) < 4.78 is 6.37. The Bertz CT molecular complexity index is 439. The number of hydrogen-bond acceptors (Lipinski definition) is 2. The number of nitrogens with one attached hydrogen (secondary N) is 1. The van der Waals surface area contributed by atoms with Crippen molar-refractivity contribution < 1.29 is 14.6 Å². The van der Waals surface area contributed by atoms with Crippen LogP contribution in [0.25, 0.3) is 0 Å². The molecule has 0 aliphatic rings. The average molecular weight is 391 g/mol. The van der Waals surface area contributed by atoms with Crippen molar-refractivity contribution in [2.24, 2.45) is 0 Å². The molecule has 1 aromatic carbocycles. The molecule has 0 bridgehead atoms. The second-order valence-electron chi connectivity index (χ2n) is 4.88. The fraction of sp³-hybridized carbons (Fsp3) is 0.533. The summed E-state index contributed by atoms with van der Waals surface area (Å²) >= 11 is 2.24. The van der Waals surface area contributed by atoms with Crippen molar-refractivity contribution >= 4 is 28.7 Å². The molecule has 0 saturated carbocycles. The highest BCUT2D eigenvalue weighted by molar-refractivity contribution is 14.1. The third kappa shape index (κ3) is 4.63. The monoisotopic (exact) mass is 391 g/mol. The van der Waals surface area contributed by atoms with Gasteiger partial charge in [0, 0.05) is 10.7 Å². The molecule has 0 aromatic heterocycles.